The molecule has 0 aromatic carbocycles. The molecule has 63 heavy (non-hydrogen) atoms. The molecule has 1 aromatic rings. The van der Waals surface area contributed by atoms with Gasteiger partial charge in [0.2, 0.25) is 0 Å². The molecule has 3 radical (unpaired) electrons. The molecule has 6 unspecified atom stereocenters. The number of nitrogens with zero attached hydrogens (tertiary/aromatic N) is 3. The number of unbranched alkanes of at least 4 members (excludes halogenated alkanes) is 6. The van der Waals surface area contributed by atoms with Gasteiger partial charge in [0, 0.05) is 18.5 Å². The molecule has 0 N–H and O–H groups in total. The van der Waals surface area contributed by atoms with Gasteiger partial charge in [0.15, 0.2) is 0 Å². The Bertz CT molecular complexity index is 1400. The van der Waals surface area contributed by atoms with Crippen molar-refractivity contribution in [1.29, 1.82) is 0 Å². The number of hydrogen-bond acceptors (Lipinski definition) is 3. The smallest absolute Gasteiger partial charge is 0.248 e. The van der Waals surface area contributed by atoms with Crippen LogP contribution in [0.4, 0.5) is 0 Å². The Kier molecular flexibility index (Phi) is 33.2. The highest BCUT2D eigenvalue weighted by Crippen LogP contribution is 2.33. The summed E-state index contributed by atoms with van der Waals surface area (Å²) in [5.74, 6) is 1.50. The van der Waals surface area contributed by atoms with Gasteiger partial charge in [-0.2, -0.15) is 0 Å². The van der Waals surface area contributed by atoms with Crippen LogP contribution in [0.15, 0.2) is 90.3 Å². The van der Waals surface area contributed by atoms with E-state index < -0.39 is 26.4 Å². The molecule has 6 atom stereocenters. The van der Waals surface area contributed by atoms with Crippen molar-refractivity contribution in [3.63, 3.8) is 0 Å². The fourth-order valence-corrected chi connectivity index (χ4v) is 20.5. The number of hydrogen-bond donors (Lipinski definition) is 0. The summed E-state index contributed by atoms with van der Waals surface area (Å²) in [4.78, 5) is 45.9. The van der Waals surface area contributed by atoms with E-state index in [2.05, 4.69) is 81.0 Å². The predicted octanol–water partition coefficient (Wildman–Crippen LogP) is 14.7. The molecule has 1 heterocycles. The van der Waals surface area contributed by atoms with Crippen molar-refractivity contribution in [3.8, 4) is 0 Å². The van der Waals surface area contributed by atoms with Crippen molar-refractivity contribution in [1.82, 2.24) is 13.7 Å². The van der Waals surface area contributed by atoms with Crippen molar-refractivity contribution in [2.45, 2.75) is 230 Å². The molecule has 0 saturated heterocycles. The summed E-state index contributed by atoms with van der Waals surface area (Å²) in [5, 5.41) is 0. The van der Waals surface area contributed by atoms with E-state index in [1.807, 2.05) is 36.5 Å². The topological polar surface area (TPSA) is 66.0 Å². The average Bonchev–Trinajstić information content (AvgIpc) is 3.26. The van der Waals surface area contributed by atoms with E-state index in [4.69, 9.17) is 0 Å². The summed E-state index contributed by atoms with van der Waals surface area (Å²) in [6.07, 6.45) is 35.5. The van der Waals surface area contributed by atoms with Gasteiger partial charge in [0.1, 0.15) is 0 Å². The number of allylic oxidation sites excluding steroid dienone is 6. The summed E-state index contributed by atoms with van der Waals surface area (Å²) in [6.45, 7) is 38.4. The molecule has 0 saturated carbocycles. The van der Waals surface area contributed by atoms with Gasteiger partial charge >= 0.3 is 17.1 Å². The lowest BCUT2D eigenvalue weighted by molar-refractivity contribution is 0.494. The first-order valence-corrected chi connectivity index (χ1v) is 31.5. The Hall–Kier alpha value is -2.50. The summed E-state index contributed by atoms with van der Waals surface area (Å²) < 4.78 is 4.77. The van der Waals surface area contributed by atoms with Gasteiger partial charge in [0.05, 0.1) is 26.4 Å². The fraction of sp³-hybridized carbons (Fsp3) is 0.722. The second kappa shape index (κ2) is 35.7. The minimum absolute atomic E-state index is 0.374. The van der Waals surface area contributed by atoms with Gasteiger partial charge in [-0.1, -0.05) is 173 Å². The largest absolute Gasteiger partial charge is 0.335 e. The molecule has 0 bridgehead atoms. The SMILES string of the molecule is C=CCCCC(CC=C)[Si](CC(C)CCCC)Cn1c(=O)n(C[Si](CC(C)CCCC)C(CC=C)CCCC=C)c(=O)n(C[Si](CC(C)CCCC)C(CC=C)CCCC=C)c1=O. The van der Waals surface area contributed by atoms with E-state index in [-0.39, 0.29) is 17.1 Å². The van der Waals surface area contributed by atoms with Crippen LogP contribution in [-0.2, 0) is 18.5 Å². The highest BCUT2D eigenvalue weighted by molar-refractivity contribution is 6.60. The minimum Gasteiger partial charge on any atom is -0.248 e. The van der Waals surface area contributed by atoms with Gasteiger partial charge in [-0.25, -0.2) is 28.1 Å². The summed E-state index contributed by atoms with van der Waals surface area (Å²) >= 11 is 0. The van der Waals surface area contributed by atoms with Crippen LogP contribution in [0, 0.1) is 17.8 Å². The van der Waals surface area contributed by atoms with E-state index in [1.54, 1.807) is 13.7 Å². The molecule has 0 amide bonds. The molecule has 0 aliphatic rings. The van der Waals surface area contributed by atoms with Crippen LogP contribution in [-0.4, -0.2) is 40.1 Å². The predicted molar refractivity (Wildman–Crippen MR) is 285 cm³/mol. The first-order chi connectivity index (χ1) is 30.4. The molecular weight excluding hydrogens is 823 g/mol. The molecule has 357 valence electrons. The first-order valence-electron chi connectivity index (χ1n) is 25.5. The van der Waals surface area contributed by atoms with Crippen LogP contribution < -0.4 is 17.1 Å². The Morgan fingerprint density at radius 2 is 0.667 bits per heavy atom. The highest BCUT2D eigenvalue weighted by Gasteiger charge is 2.32. The van der Waals surface area contributed by atoms with Gasteiger partial charge in [-0.3, -0.25) is 0 Å². The minimum atomic E-state index is -1.29. The molecule has 9 heteroatoms. The third kappa shape index (κ3) is 22.5. The second-order valence-corrected chi connectivity index (χ2v) is 27.8. The molecule has 0 fully saturated rings. The van der Waals surface area contributed by atoms with Gasteiger partial charge in [0.25, 0.3) is 0 Å². The van der Waals surface area contributed by atoms with E-state index in [0.717, 1.165) is 134 Å². The molecule has 6 nitrogen and oxygen atoms in total. The van der Waals surface area contributed by atoms with Gasteiger partial charge in [-0.05, 0) is 92.2 Å². The summed E-state index contributed by atoms with van der Waals surface area (Å²) in [5.41, 5.74) is -0.00648. The van der Waals surface area contributed by atoms with Gasteiger partial charge < -0.3 is 0 Å². The van der Waals surface area contributed by atoms with Crippen LogP contribution in [0.1, 0.15) is 176 Å². The zero-order valence-electron chi connectivity index (χ0n) is 41.8. The normalized spacial score (nSPS) is 14.6. The second-order valence-electron chi connectivity index (χ2n) is 19.3. The maximum atomic E-state index is 15.3. The monoisotopic (exact) mass is 919 g/mol. The van der Waals surface area contributed by atoms with E-state index in [1.165, 1.54) is 19.3 Å². The van der Waals surface area contributed by atoms with Crippen LogP contribution in [0.2, 0.25) is 34.8 Å². The average molecular weight is 920 g/mol. The lowest BCUT2D eigenvalue weighted by Crippen LogP contribution is -2.58. The molecular formula is C54H96N3O3Si3. The van der Waals surface area contributed by atoms with Crippen molar-refractivity contribution in [3.05, 3.63) is 107 Å². The zero-order chi connectivity index (χ0) is 47.0. The maximum Gasteiger partial charge on any atom is 0.335 e. The molecule has 0 aliphatic heterocycles. The maximum absolute atomic E-state index is 15.3. The third-order valence-corrected chi connectivity index (χ3v) is 24.3. The third-order valence-electron chi connectivity index (χ3n) is 13.4. The van der Waals surface area contributed by atoms with Crippen LogP contribution >= 0.6 is 0 Å². The van der Waals surface area contributed by atoms with Crippen LogP contribution in [0.3, 0.4) is 0 Å². The molecule has 1 rings (SSSR count). The molecule has 1 aromatic heterocycles. The Morgan fingerprint density at radius 3 is 0.873 bits per heavy atom. The van der Waals surface area contributed by atoms with Gasteiger partial charge in [-0.15, -0.1) is 39.5 Å². The molecule has 0 spiro atoms. The van der Waals surface area contributed by atoms with E-state index in [0.29, 0.717) is 52.9 Å². The van der Waals surface area contributed by atoms with E-state index >= 15 is 14.4 Å². The lowest BCUT2D eigenvalue weighted by atomic mass is 10.1. The fourth-order valence-electron chi connectivity index (χ4n) is 9.68. The first kappa shape index (κ1) is 58.5. The van der Waals surface area contributed by atoms with Crippen molar-refractivity contribution in [2.24, 2.45) is 17.8 Å². The highest BCUT2D eigenvalue weighted by atomic mass is 28.3. The number of rotatable bonds is 42. The van der Waals surface area contributed by atoms with Crippen molar-refractivity contribution >= 4 is 26.4 Å². The number of aromatic nitrogens is 3. The standard InChI is InChI=1S/C54H96N3O3Si3/c1-13-22-28-37-49(31-19-7)61(40-46(10)34-25-16-4)43-55-52(58)56(44-62(41-47(11)35-26-17-5)50(32-20-8)38-29-23-14-2)54(60)57(53(55)59)45-63(42-48(12)36-27-18-6)51(33-21-9)39-30-24-15-3/h13-15,19-21,46-51H,1-3,7-9,16-18,22-45H2,4-6,10-12H3. The van der Waals surface area contributed by atoms with Crippen molar-refractivity contribution < 1.29 is 0 Å². The zero-order valence-corrected chi connectivity index (χ0v) is 44.8. The quantitative estimate of drug-likeness (QED) is 0.0373. The van der Waals surface area contributed by atoms with E-state index in [9.17, 15) is 0 Å². The Balaban J connectivity index is 4.33. The Labute approximate surface area is 393 Å². The van der Waals surface area contributed by atoms with Crippen LogP contribution in [0.25, 0.3) is 0 Å². The summed E-state index contributed by atoms with van der Waals surface area (Å²) in [6, 6.07) is 3.10. The van der Waals surface area contributed by atoms with Crippen molar-refractivity contribution in [2.75, 3.05) is 0 Å². The van der Waals surface area contributed by atoms with Crippen LogP contribution in [0.5, 0.6) is 0 Å². The Morgan fingerprint density at radius 1 is 0.413 bits per heavy atom. The summed E-state index contributed by atoms with van der Waals surface area (Å²) in [7, 11) is -3.87. The molecule has 0 aliphatic carbocycles. The lowest BCUT2D eigenvalue weighted by Gasteiger charge is -2.31.